The fraction of sp³-hybridized carbons (Fsp3) is 0.273. The summed E-state index contributed by atoms with van der Waals surface area (Å²) < 4.78 is 26.0. The van der Waals surface area contributed by atoms with Crippen LogP contribution >= 0.6 is 0 Å². The Balaban J connectivity index is 2.93. The van der Waals surface area contributed by atoms with E-state index in [1.807, 2.05) is 6.07 Å². The number of sulfonamides is 1. The van der Waals surface area contributed by atoms with Crippen molar-refractivity contribution in [2.75, 3.05) is 7.05 Å². The van der Waals surface area contributed by atoms with Gasteiger partial charge in [-0.25, -0.2) is 8.42 Å². The largest absolute Gasteiger partial charge is 0.358 e. The van der Waals surface area contributed by atoms with Gasteiger partial charge in [-0.2, -0.15) is 9.98 Å². The lowest BCUT2D eigenvalue weighted by molar-refractivity contribution is -0.121. The minimum atomic E-state index is -3.76. The normalized spacial score (nSPS) is 12.5. The smallest absolute Gasteiger partial charge is 0.241 e. The molecule has 0 aliphatic rings. The van der Waals surface area contributed by atoms with Crippen molar-refractivity contribution in [3.63, 3.8) is 0 Å². The lowest BCUT2D eigenvalue weighted by Gasteiger charge is -2.12. The van der Waals surface area contributed by atoms with E-state index in [0.717, 1.165) is 0 Å². The van der Waals surface area contributed by atoms with Gasteiger partial charge in [0.05, 0.1) is 22.6 Å². The van der Waals surface area contributed by atoms with E-state index >= 15 is 0 Å². The number of likely N-dealkylation sites (N-methyl/N-ethyl adjacent to an activating group) is 1. The second-order valence-corrected chi connectivity index (χ2v) is 5.31. The first-order valence-electron chi connectivity index (χ1n) is 5.15. The van der Waals surface area contributed by atoms with Gasteiger partial charge in [0, 0.05) is 7.05 Å². The maximum absolute atomic E-state index is 11.9. The SMILES string of the molecule is CNC(=O)C(C)NS(=O)(=O)c1ccc(C#N)cc1. The highest BCUT2D eigenvalue weighted by atomic mass is 32.2. The van der Waals surface area contributed by atoms with E-state index in [-0.39, 0.29) is 4.90 Å². The number of rotatable bonds is 4. The Morgan fingerprint density at radius 2 is 1.89 bits per heavy atom. The van der Waals surface area contributed by atoms with Gasteiger partial charge >= 0.3 is 0 Å². The van der Waals surface area contributed by atoms with E-state index in [9.17, 15) is 13.2 Å². The highest BCUT2D eigenvalue weighted by Gasteiger charge is 2.20. The fourth-order valence-corrected chi connectivity index (χ4v) is 2.48. The maximum atomic E-state index is 11.9. The minimum absolute atomic E-state index is 0.0113. The van der Waals surface area contributed by atoms with Crippen molar-refractivity contribution in [3.05, 3.63) is 29.8 Å². The van der Waals surface area contributed by atoms with Gasteiger partial charge in [-0.3, -0.25) is 4.79 Å². The van der Waals surface area contributed by atoms with Crippen molar-refractivity contribution >= 4 is 15.9 Å². The maximum Gasteiger partial charge on any atom is 0.241 e. The van der Waals surface area contributed by atoms with Gasteiger partial charge in [-0.15, -0.1) is 0 Å². The molecule has 0 aromatic heterocycles. The van der Waals surface area contributed by atoms with Gasteiger partial charge in [-0.05, 0) is 31.2 Å². The Kier molecular flexibility index (Phi) is 4.42. The number of nitrogens with zero attached hydrogens (tertiary/aromatic N) is 1. The van der Waals surface area contributed by atoms with Crippen LogP contribution in [-0.4, -0.2) is 27.4 Å². The quantitative estimate of drug-likeness (QED) is 0.800. The van der Waals surface area contributed by atoms with Gasteiger partial charge in [0.15, 0.2) is 0 Å². The van der Waals surface area contributed by atoms with Gasteiger partial charge in [0.25, 0.3) is 0 Å². The number of nitriles is 1. The molecule has 0 spiro atoms. The van der Waals surface area contributed by atoms with E-state index in [2.05, 4.69) is 10.0 Å². The molecule has 0 bridgehead atoms. The highest BCUT2D eigenvalue weighted by Crippen LogP contribution is 2.10. The number of amides is 1. The summed E-state index contributed by atoms with van der Waals surface area (Å²) in [6.07, 6.45) is 0. The molecule has 0 radical (unpaired) electrons. The molecule has 0 saturated heterocycles. The van der Waals surface area contributed by atoms with Crippen LogP contribution in [0.15, 0.2) is 29.2 Å². The molecular weight excluding hydrogens is 254 g/mol. The fourth-order valence-electron chi connectivity index (χ4n) is 1.28. The number of benzene rings is 1. The summed E-state index contributed by atoms with van der Waals surface area (Å²) in [5, 5.41) is 11.0. The molecular formula is C11H13N3O3S. The van der Waals surface area contributed by atoms with Crippen molar-refractivity contribution in [2.24, 2.45) is 0 Å². The lowest BCUT2D eigenvalue weighted by atomic mass is 10.2. The number of carbonyl (C=O) groups is 1. The van der Waals surface area contributed by atoms with Crippen molar-refractivity contribution < 1.29 is 13.2 Å². The minimum Gasteiger partial charge on any atom is -0.358 e. The molecule has 1 atom stereocenters. The van der Waals surface area contributed by atoms with Crippen LogP contribution in [-0.2, 0) is 14.8 Å². The van der Waals surface area contributed by atoms with Crippen LogP contribution in [0.5, 0.6) is 0 Å². The average Bonchev–Trinajstić information content (AvgIpc) is 2.37. The molecule has 1 amide bonds. The Morgan fingerprint density at radius 3 is 2.33 bits per heavy atom. The van der Waals surface area contributed by atoms with Gasteiger partial charge in [0.1, 0.15) is 0 Å². The molecule has 7 heteroatoms. The first kappa shape index (κ1) is 14.2. The molecule has 0 fully saturated rings. The highest BCUT2D eigenvalue weighted by molar-refractivity contribution is 7.89. The molecule has 18 heavy (non-hydrogen) atoms. The topological polar surface area (TPSA) is 99.1 Å². The second-order valence-electron chi connectivity index (χ2n) is 3.59. The van der Waals surface area contributed by atoms with Crippen LogP contribution in [0, 0.1) is 11.3 Å². The molecule has 0 saturated carbocycles. The average molecular weight is 267 g/mol. The Morgan fingerprint density at radius 1 is 1.33 bits per heavy atom. The zero-order chi connectivity index (χ0) is 13.8. The summed E-state index contributed by atoms with van der Waals surface area (Å²) in [6.45, 7) is 1.44. The van der Waals surface area contributed by atoms with E-state index in [0.29, 0.717) is 5.56 Å². The molecule has 0 aliphatic heterocycles. The zero-order valence-electron chi connectivity index (χ0n) is 9.97. The van der Waals surface area contributed by atoms with Gasteiger partial charge in [-0.1, -0.05) is 0 Å². The van der Waals surface area contributed by atoms with E-state index in [4.69, 9.17) is 5.26 Å². The second kappa shape index (κ2) is 5.62. The van der Waals surface area contributed by atoms with E-state index in [1.54, 1.807) is 0 Å². The van der Waals surface area contributed by atoms with Crippen LogP contribution < -0.4 is 10.0 Å². The van der Waals surface area contributed by atoms with Crippen LogP contribution in [0.3, 0.4) is 0 Å². The van der Waals surface area contributed by atoms with E-state index in [1.165, 1.54) is 38.2 Å². The molecule has 1 unspecified atom stereocenters. The first-order valence-corrected chi connectivity index (χ1v) is 6.63. The molecule has 1 rings (SSSR count). The molecule has 96 valence electrons. The Labute approximate surface area is 106 Å². The summed E-state index contributed by atoms with van der Waals surface area (Å²) in [4.78, 5) is 11.3. The summed E-state index contributed by atoms with van der Waals surface area (Å²) in [5.41, 5.74) is 0.369. The zero-order valence-corrected chi connectivity index (χ0v) is 10.8. The molecule has 1 aromatic carbocycles. The molecule has 0 aliphatic carbocycles. The number of carbonyl (C=O) groups excluding carboxylic acids is 1. The Bertz CT molecular complexity index is 573. The summed E-state index contributed by atoms with van der Waals surface area (Å²) in [7, 11) is -2.33. The summed E-state index contributed by atoms with van der Waals surface area (Å²) in [6, 6.07) is 6.47. The van der Waals surface area contributed by atoms with Crippen LogP contribution in [0.25, 0.3) is 0 Å². The van der Waals surface area contributed by atoms with Crippen molar-refractivity contribution in [2.45, 2.75) is 17.9 Å². The van der Waals surface area contributed by atoms with Crippen LogP contribution in [0.1, 0.15) is 12.5 Å². The number of nitrogens with one attached hydrogen (secondary N) is 2. The third-order valence-electron chi connectivity index (χ3n) is 2.27. The lowest BCUT2D eigenvalue weighted by Crippen LogP contribution is -2.43. The van der Waals surface area contributed by atoms with Crippen molar-refractivity contribution in [1.82, 2.24) is 10.0 Å². The predicted molar refractivity (Wildman–Crippen MR) is 65.0 cm³/mol. The van der Waals surface area contributed by atoms with Crippen LogP contribution in [0.4, 0.5) is 0 Å². The monoisotopic (exact) mass is 267 g/mol. The third-order valence-corrected chi connectivity index (χ3v) is 3.82. The summed E-state index contributed by atoms with van der Waals surface area (Å²) in [5.74, 6) is -0.424. The molecule has 2 N–H and O–H groups in total. The van der Waals surface area contributed by atoms with Crippen molar-refractivity contribution in [3.8, 4) is 6.07 Å². The molecule has 1 aromatic rings. The molecule has 0 heterocycles. The number of hydrogen-bond acceptors (Lipinski definition) is 4. The third kappa shape index (κ3) is 3.29. The Hall–Kier alpha value is -1.91. The van der Waals surface area contributed by atoms with Crippen LogP contribution in [0.2, 0.25) is 0 Å². The van der Waals surface area contributed by atoms with E-state index < -0.39 is 22.0 Å². The van der Waals surface area contributed by atoms with Gasteiger partial charge < -0.3 is 5.32 Å². The van der Waals surface area contributed by atoms with Crippen molar-refractivity contribution in [1.29, 1.82) is 5.26 Å². The molecule has 6 nitrogen and oxygen atoms in total. The van der Waals surface area contributed by atoms with Gasteiger partial charge in [0.2, 0.25) is 15.9 Å². The summed E-state index contributed by atoms with van der Waals surface area (Å²) >= 11 is 0. The standard InChI is InChI=1S/C11H13N3O3S/c1-8(11(15)13-2)14-18(16,17)10-5-3-9(7-12)4-6-10/h3-6,8,14H,1-2H3,(H,13,15). The first-order chi connectivity index (χ1) is 8.40. The number of hydrogen-bond donors (Lipinski definition) is 2. The predicted octanol–water partition coefficient (Wildman–Crippen LogP) is -0.0289.